The minimum atomic E-state index is -0.123. The number of aryl methyl sites for hydroxylation is 2. The maximum Gasteiger partial charge on any atom is 0.264 e. The summed E-state index contributed by atoms with van der Waals surface area (Å²) in [6, 6.07) is 0. The third-order valence-electron chi connectivity index (χ3n) is 7.02. The van der Waals surface area contributed by atoms with Crippen molar-refractivity contribution in [2.45, 2.75) is 60.4 Å². The minimum absolute atomic E-state index is 0.123. The minimum Gasteiger partial charge on any atom is -0.299 e. The van der Waals surface area contributed by atoms with Gasteiger partial charge in [-0.25, -0.2) is 0 Å². The molecule has 2 atom stereocenters. The van der Waals surface area contributed by atoms with Gasteiger partial charge >= 0.3 is 0 Å². The number of amides is 1. The van der Waals surface area contributed by atoms with Gasteiger partial charge in [-0.3, -0.25) is 14.8 Å². The van der Waals surface area contributed by atoms with Gasteiger partial charge in [-0.2, -0.15) is 10.2 Å². The molecule has 144 valence electrons. The number of nitrogens with zero attached hydrogens (tertiary/aromatic N) is 4. The summed E-state index contributed by atoms with van der Waals surface area (Å²) in [5, 5.41) is 16.8. The topological polar surface area (TPSA) is 71.6 Å². The fraction of sp³-hybridized carbons (Fsp3) is 0.600. The number of nitrogens with one attached hydrogen (secondary N) is 1. The number of fused-ring (bicyclic) bond motifs is 2. The number of amidine groups is 1. The van der Waals surface area contributed by atoms with Crippen molar-refractivity contribution in [3.8, 4) is 0 Å². The van der Waals surface area contributed by atoms with Crippen LogP contribution in [0.15, 0.2) is 21.3 Å². The molecule has 0 aromatic carbocycles. The summed E-state index contributed by atoms with van der Waals surface area (Å²) in [4.78, 5) is 12.9. The monoisotopic (exact) mass is 385 g/mol. The van der Waals surface area contributed by atoms with Crippen LogP contribution in [0.2, 0.25) is 0 Å². The second-order valence-electron chi connectivity index (χ2n) is 8.54. The molecule has 1 amide bonds. The van der Waals surface area contributed by atoms with Gasteiger partial charge < -0.3 is 0 Å². The summed E-state index contributed by atoms with van der Waals surface area (Å²) in [5.41, 5.74) is 3.47. The van der Waals surface area contributed by atoms with Crippen molar-refractivity contribution >= 4 is 34.6 Å². The van der Waals surface area contributed by atoms with E-state index in [9.17, 15) is 4.79 Å². The highest BCUT2D eigenvalue weighted by atomic mass is 32.2. The Balaban J connectivity index is 1.54. The van der Waals surface area contributed by atoms with E-state index >= 15 is 0 Å². The summed E-state index contributed by atoms with van der Waals surface area (Å²) in [5.74, 6) is 0.572. The van der Waals surface area contributed by atoms with Crippen LogP contribution in [0.5, 0.6) is 0 Å². The predicted octanol–water partition coefficient (Wildman–Crippen LogP) is 3.97. The number of thioether (sulfide) groups is 1. The molecule has 27 heavy (non-hydrogen) atoms. The van der Waals surface area contributed by atoms with E-state index in [4.69, 9.17) is 0 Å². The largest absolute Gasteiger partial charge is 0.299 e. The van der Waals surface area contributed by atoms with Gasteiger partial charge in [0, 0.05) is 29.4 Å². The summed E-state index contributed by atoms with van der Waals surface area (Å²) in [6.45, 7) is 11.8. The van der Waals surface area contributed by atoms with Crippen molar-refractivity contribution in [2.75, 3.05) is 0 Å². The second-order valence-corrected chi connectivity index (χ2v) is 9.57. The van der Waals surface area contributed by atoms with Gasteiger partial charge in [-0.05, 0) is 62.3 Å². The zero-order chi connectivity index (χ0) is 19.4. The Morgan fingerprint density at radius 3 is 2.78 bits per heavy atom. The van der Waals surface area contributed by atoms with E-state index in [0.29, 0.717) is 16.0 Å². The van der Waals surface area contributed by atoms with E-state index in [1.165, 1.54) is 30.3 Å². The van der Waals surface area contributed by atoms with Gasteiger partial charge in [0.15, 0.2) is 5.17 Å². The molecule has 3 aliphatic rings. The molecule has 2 heterocycles. The lowest BCUT2D eigenvalue weighted by molar-refractivity contribution is -0.115. The van der Waals surface area contributed by atoms with Crippen molar-refractivity contribution in [3.05, 3.63) is 22.4 Å². The maximum atomic E-state index is 12.3. The van der Waals surface area contributed by atoms with E-state index in [-0.39, 0.29) is 16.7 Å². The van der Waals surface area contributed by atoms with Crippen LogP contribution in [0.1, 0.15) is 58.2 Å². The van der Waals surface area contributed by atoms with Crippen LogP contribution in [-0.2, 0) is 11.3 Å². The Morgan fingerprint density at radius 2 is 2.19 bits per heavy atom. The Kier molecular flexibility index (Phi) is 4.33. The lowest BCUT2D eigenvalue weighted by atomic mass is 9.70. The van der Waals surface area contributed by atoms with E-state index < -0.39 is 0 Å². The van der Waals surface area contributed by atoms with Gasteiger partial charge in [-0.1, -0.05) is 20.8 Å². The lowest BCUT2D eigenvalue weighted by Crippen LogP contribution is -2.32. The first-order valence-corrected chi connectivity index (χ1v) is 10.5. The summed E-state index contributed by atoms with van der Waals surface area (Å²) >= 11 is 1.35. The molecule has 1 aliphatic heterocycles. The molecule has 0 radical (unpaired) electrons. The number of hydrogen-bond donors (Lipinski definition) is 1. The first-order valence-electron chi connectivity index (χ1n) is 9.64. The SMILES string of the molecule is CCn1cc(C=C2S/C(=N/N=C3CC4CCC3(C)C4(C)C)NC2=O)c(C)n1. The standard InChI is InChI=1S/C20H27N5OS/c1-6-25-11-13(12(2)24-25)9-15-17(26)21-18(27-15)23-22-16-10-14-7-8-20(16,5)19(14,3)4/h9,11,14H,6-8,10H2,1-5H3,(H,21,23,26). The van der Waals surface area contributed by atoms with Crippen molar-refractivity contribution < 1.29 is 4.79 Å². The van der Waals surface area contributed by atoms with Crippen LogP contribution in [0.25, 0.3) is 6.08 Å². The third-order valence-corrected chi connectivity index (χ3v) is 7.92. The van der Waals surface area contributed by atoms with Crippen LogP contribution < -0.4 is 5.32 Å². The number of rotatable bonds is 3. The fourth-order valence-corrected chi connectivity index (χ4v) is 5.40. The second kappa shape index (κ2) is 6.33. The molecule has 0 spiro atoms. The third kappa shape index (κ3) is 2.87. The molecule has 1 aromatic rings. The molecule has 7 heteroatoms. The molecule has 3 fully saturated rings. The number of aromatic nitrogens is 2. The highest BCUT2D eigenvalue weighted by molar-refractivity contribution is 8.18. The first-order chi connectivity index (χ1) is 12.7. The molecular weight excluding hydrogens is 358 g/mol. The average molecular weight is 386 g/mol. The average Bonchev–Trinajstić information content (AvgIpc) is 3.27. The van der Waals surface area contributed by atoms with Crippen molar-refractivity contribution in [1.82, 2.24) is 15.1 Å². The Morgan fingerprint density at radius 1 is 1.41 bits per heavy atom. The quantitative estimate of drug-likeness (QED) is 0.632. The fourth-order valence-electron chi connectivity index (χ4n) is 4.64. The van der Waals surface area contributed by atoms with Crippen LogP contribution in [0, 0.1) is 23.7 Å². The van der Waals surface area contributed by atoms with E-state index in [1.54, 1.807) is 0 Å². The van der Waals surface area contributed by atoms with Crippen molar-refractivity contribution in [3.63, 3.8) is 0 Å². The smallest absolute Gasteiger partial charge is 0.264 e. The van der Waals surface area contributed by atoms with Crippen molar-refractivity contribution in [2.24, 2.45) is 27.0 Å². The molecule has 1 saturated heterocycles. The zero-order valence-corrected chi connectivity index (χ0v) is 17.5. The molecular formula is C20H27N5OS. The molecule has 1 aromatic heterocycles. The van der Waals surface area contributed by atoms with Gasteiger partial charge in [-0.15, -0.1) is 5.10 Å². The Bertz CT molecular complexity index is 894. The molecule has 6 nitrogen and oxygen atoms in total. The molecule has 4 rings (SSSR count). The van der Waals surface area contributed by atoms with Crippen LogP contribution in [0.3, 0.4) is 0 Å². The van der Waals surface area contributed by atoms with E-state index in [1.807, 2.05) is 30.8 Å². The maximum absolute atomic E-state index is 12.3. The van der Waals surface area contributed by atoms with Gasteiger partial charge in [0.2, 0.25) is 0 Å². The normalized spacial score (nSPS) is 33.6. The zero-order valence-electron chi connectivity index (χ0n) is 16.7. The molecule has 2 saturated carbocycles. The number of carbonyl (C=O) groups excluding carboxylic acids is 1. The summed E-state index contributed by atoms with van der Waals surface area (Å²) < 4.78 is 1.87. The summed E-state index contributed by atoms with van der Waals surface area (Å²) in [6.07, 6.45) is 7.33. The highest BCUT2D eigenvalue weighted by Gasteiger charge is 2.60. The Hall–Kier alpha value is -1.89. The van der Waals surface area contributed by atoms with Crippen LogP contribution >= 0.6 is 11.8 Å². The Labute approximate surface area is 164 Å². The molecule has 1 N–H and O–H groups in total. The predicted molar refractivity (Wildman–Crippen MR) is 110 cm³/mol. The molecule has 2 aliphatic carbocycles. The molecule has 2 unspecified atom stereocenters. The lowest BCUT2D eigenvalue weighted by Gasteiger charge is -2.34. The molecule has 2 bridgehead atoms. The first kappa shape index (κ1) is 18.5. The van der Waals surface area contributed by atoms with Gasteiger partial charge in [0.1, 0.15) is 0 Å². The van der Waals surface area contributed by atoms with Gasteiger partial charge in [0.05, 0.1) is 10.6 Å². The highest BCUT2D eigenvalue weighted by Crippen LogP contribution is 2.64. The van der Waals surface area contributed by atoms with Crippen LogP contribution in [0.4, 0.5) is 0 Å². The summed E-state index contributed by atoms with van der Waals surface area (Å²) in [7, 11) is 0. The van der Waals surface area contributed by atoms with E-state index in [0.717, 1.165) is 24.2 Å². The van der Waals surface area contributed by atoms with Gasteiger partial charge in [0.25, 0.3) is 5.91 Å². The van der Waals surface area contributed by atoms with E-state index in [2.05, 4.69) is 41.4 Å². The number of hydrogen-bond acceptors (Lipinski definition) is 5. The van der Waals surface area contributed by atoms with Crippen molar-refractivity contribution in [1.29, 1.82) is 0 Å². The number of carbonyl (C=O) groups is 1. The van der Waals surface area contributed by atoms with Crippen LogP contribution in [-0.4, -0.2) is 26.6 Å².